The van der Waals surface area contributed by atoms with Gasteiger partial charge in [-0.2, -0.15) is 0 Å². The molecule has 4 nitrogen and oxygen atoms in total. The van der Waals surface area contributed by atoms with Crippen molar-refractivity contribution in [1.29, 1.82) is 0 Å². The molecule has 0 fully saturated rings. The zero-order chi connectivity index (χ0) is 16.7. The number of likely N-dealkylation sites (N-methyl/N-ethyl adjacent to an activating group) is 1. The van der Waals surface area contributed by atoms with Crippen molar-refractivity contribution in [1.82, 2.24) is 0 Å². The van der Waals surface area contributed by atoms with Crippen LogP contribution in [-0.4, -0.2) is 25.1 Å². The predicted molar refractivity (Wildman–Crippen MR) is 93.8 cm³/mol. The molecule has 0 aliphatic carbocycles. The van der Waals surface area contributed by atoms with E-state index in [0.717, 1.165) is 17.0 Å². The molecule has 0 saturated carbocycles. The van der Waals surface area contributed by atoms with Gasteiger partial charge >= 0.3 is 0 Å². The lowest BCUT2D eigenvalue weighted by molar-refractivity contribution is -0.119. The molecule has 0 saturated heterocycles. The van der Waals surface area contributed by atoms with Crippen LogP contribution in [0.4, 0.5) is 5.69 Å². The van der Waals surface area contributed by atoms with Crippen LogP contribution in [0.15, 0.2) is 54.6 Å². The van der Waals surface area contributed by atoms with E-state index in [2.05, 4.69) is 0 Å². The summed E-state index contributed by atoms with van der Waals surface area (Å²) < 4.78 is 5.43. The Morgan fingerprint density at radius 3 is 2.30 bits per heavy atom. The molecule has 2 rings (SSSR count). The largest absolute Gasteiger partial charge is 0.494 e. The van der Waals surface area contributed by atoms with Crippen LogP contribution >= 0.6 is 0 Å². The molecule has 23 heavy (non-hydrogen) atoms. The van der Waals surface area contributed by atoms with Gasteiger partial charge in [0.15, 0.2) is 0 Å². The molecule has 0 aliphatic rings. The molecular weight excluding hydrogens is 288 g/mol. The molecule has 2 aromatic carbocycles. The number of amides is 1. The monoisotopic (exact) mass is 312 g/mol. The number of nitrogens with zero attached hydrogens (tertiary/aromatic N) is 1. The first-order chi connectivity index (χ1) is 11.2. The Bertz CT molecular complexity index is 611. The number of ether oxygens (including phenoxy) is 1. The Kier molecular flexibility index (Phi) is 6.18. The summed E-state index contributed by atoms with van der Waals surface area (Å²) in [4.78, 5) is 14.4. The average Bonchev–Trinajstić information content (AvgIpc) is 2.58. The van der Waals surface area contributed by atoms with Gasteiger partial charge in [-0.3, -0.25) is 4.79 Å². The minimum absolute atomic E-state index is 0.0690. The lowest BCUT2D eigenvalue weighted by Gasteiger charge is -2.24. The number of hydrogen-bond donors (Lipinski definition) is 1. The van der Waals surface area contributed by atoms with Gasteiger partial charge in [0.2, 0.25) is 5.91 Å². The van der Waals surface area contributed by atoms with Gasteiger partial charge in [-0.05, 0) is 50.1 Å². The van der Waals surface area contributed by atoms with Crippen molar-refractivity contribution in [2.75, 3.05) is 18.1 Å². The third-order valence-corrected chi connectivity index (χ3v) is 3.66. The molecule has 1 atom stereocenters. The summed E-state index contributed by atoms with van der Waals surface area (Å²) in [5.74, 6) is 0.730. The molecule has 2 aromatic rings. The summed E-state index contributed by atoms with van der Waals surface area (Å²) in [6.45, 7) is 5.09. The number of carbonyl (C=O) groups is 1. The molecule has 0 spiro atoms. The molecule has 1 amide bonds. The Morgan fingerprint density at radius 2 is 1.74 bits per heavy atom. The highest BCUT2D eigenvalue weighted by molar-refractivity contribution is 5.97. The van der Waals surface area contributed by atoms with Crippen LogP contribution in [0, 0.1) is 0 Å². The van der Waals surface area contributed by atoms with Crippen molar-refractivity contribution in [3.63, 3.8) is 0 Å². The van der Waals surface area contributed by atoms with Crippen LogP contribution in [0.1, 0.15) is 19.4 Å². The number of carbonyl (C=O) groups excluding carboxylic acids is 1. The maximum absolute atomic E-state index is 12.7. The van der Waals surface area contributed by atoms with Crippen LogP contribution in [-0.2, 0) is 11.2 Å². The Balaban J connectivity index is 2.08. The summed E-state index contributed by atoms with van der Waals surface area (Å²) in [5.41, 5.74) is 8.03. The number of rotatable bonds is 7. The minimum Gasteiger partial charge on any atom is -0.494 e. The smallest absolute Gasteiger partial charge is 0.244 e. The van der Waals surface area contributed by atoms with Crippen molar-refractivity contribution in [3.05, 3.63) is 60.2 Å². The van der Waals surface area contributed by atoms with Crippen LogP contribution in [0.5, 0.6) is 5.75 Å². The van der Waals surface area contributed by atoms with E-state index in [9.17, 15) is 4.79 Å². The summed E-state index contributed by atoms with van der Waals surface area (Å²) in [6, 6.07) is 16.8. The first-order valence-electron chi connectivity index (χ1n) is 7.99. The number of hydrogen-bond acceptors (Lipinski definition) is 3. The standard InChI is InChI=1S/C19H24N2O2/c1-3-21(16-10-12-17(13-11-16)23-4-2)19(22)18(20)14-15-8-6-5-7-9-15/h5-13,18H,3-4,14,20H2,1-2H3/t18-/m0/s1. The second-order valence-corrected chi connectivity index (χ2v) is 5.31. The SMILES string of the molecule is CCOc1ccc(N(CC)C(=O)[C@@H](N)Cc2ccccc2)cc1. The van der Waals surface area contributed by atoms with Gasteiger partial charge in [-0.25, -0.2) is 0 Å². The fourth-order valence-corrected chi connectivity index (χ4v) is 2.51. The molecule has 0 aliphatic heterocycles. The summed E-state index contributed by atoms with van der Waals surface area (Å²) in [7, 11) is 0. The normalized spacial score (nSPS) is 11.8. The third kappa shape index (κ3) is 4.57. The molecule has 0 unspecified atom stereocenters. The van der Waals surface area contributed by atoms with E-state index in [1.807, 2.05) is 68.4 Å². The molecule has 4 heteroatoms. The Labute approximate surface area is 137 Å². The van der Waals surface area contributed by atoms with E-state index in [4.69, 9.17) is 10.5 Å². The molecule has 0 radical (unpaired) electrons. The predicted octanol–water partition coefficient (Wildman–Crippen LogP) is 3.01. The zero-order valence-corrected chi connectivity index (χ0v) is 13.7. The lowest BCUT2D eigenvalue weighted by atomic mass is 10.1. The first kappa shape index (κ1) is 17.0. The van der Waals surface area contributed by atoms with E-state index in [1.165, 1.54) is 0 Å². The van der Waals surface area contributed by atoms with Crippen molar-refractivity contribution in [2.24, 2.45) is 5.73 Å². The highest BCUT2D eigenvalue weighted by atomic mass is 16.5. The number of anilines is 1. The third-order valence-electron chi connectivity index (χ3n) is 3.66. The molecule has 0 aromatic heterocycles. The lowest BCUT2D eigenvalue weighted by Crippen LogP contribution is -2.45. The van der Waals surface area contributed by atoms with Crippen LogP contribution in [0.3, 0.4) is 0 Å². The topological polar surface area (TPSA) is 55.6 Å². The fraction of sp³-hybridized carbons (Fsp3) is 0.316. The van der Waals surface area contributed by atoms with Gasteiger partial charge in [-0.1, -0.05) is 30.3 Å². The van der Waals surface area contributed by atoms with Gasteiger partial charge in [0.1, 0.15) is 5.75 Å². The highest BCUT2D eigenvalue weighted by Crippen LogP contribution is 2.20. The van der Waals surface area contributed by atoms with Gasteiger partial charge in [0.25, 0.3) is 0 Å². The van der Waals surface area contributed by atoms with Crippen molar-refractivity contribution >= 4 is 11.6 Å². The number of nitrogens with two attached hydrogens (primary N) is 1. The van der Waals surface area contributed by atoms with E-state index in [1.54, 1.807) is 4.90 Å². The molecule has 0 heterocycles. The van der Waals surface area contributed by atoms with Gasteiger partial charge < -0.3 is 15.4 Å². The quantitative estimate of drug-likeness (QED) is 0.855. The maximum atomic E-state index is 12.7. The van der Waals surface area contributed by atoms with E-state index in [-0.39, 0.29) is 5.91 Å². The van der Waals surface area contributed by atoms with E-state index < -0.39 is 6.04 Å². The maximum Gasteiger partial charge on any atom is 0.244 e. The van der Waals surface area contributed by atoms with Gasteiger partial charge in [0, 0.05) is 12.2 Å². The number of benzene rings is 2. The second kappa shape index (κ2) is 8.34. The summed E-state index contributed by atoms with van der Waals surface area (Å²) in [5, 5.41) is 0. The Morgan fingerprint density at radius 1 is 1.09 bits per heavy atom. The summed E-state index contributed by atoms with van der Waals surface area (Å²) in [6.07, 6.45) is 0.535. The van der Waals surface area contributed by atoms with E-state index in [0.29, 0.717) is 19.6 Å². The summed E-state index contributed by atoms with van der Waals surface area (Å²) >= 11 is 0. The fourth-order valence-electron chi connectivity index (χ4n) is 2.51. The highest BCUT2D eigenvalue weighted by Gasteiger charge is 2.21. The zero-order valence-electron chi connectivity index (χ0n) is 13.7. The molecular formula is C19H24N2O2. The van der Waals surface area contributed by atoms with Crippen LogP contribution < -0.4 is 15.4 Å². The van der Waals surface area contributed by atoms with Crippen LogP contribution in [0.25, 0.3) is 0 Å². The van der Waals surface area contributed by atoms with Gasteiger partial charge in [-0.15, -0.1) is 0 Å². The first-order valence-corrected chi connectivity index (χ1v) is 7.99. The van der Waals surface area contributed by atoms with Gasteiger partial charge in [0.05, 0.1) is 12.6 Å². The van der Waals surface area contributed by atoms with Crippen LogP contribution in [0.2, 0.25) is 0 Å². The molecule has 0 bridgehead atoms. The van der Waals surface area contributed by atoms with E-state index >= 15 is 0 Å². The molecule has 122 valence electrons. The van der Waals surface area contributed by atoms with Crippen molar-refractivity contribution in [3.8, 4) is 5.75 Å². The Hall–Kier alpha value is -2.33. The van der Waals surface area contributed by atoms with Crippen molar-refractivity contribution < 1.29 is 9.53 Å². The molecule has 2 N–H and O–H groups in total. The van der Waals surface area contributed by atoms with Crippen molar-refractivity contribution in [2.45, 2.75) is 26.3 Å². The second-order valence-electron chi connectivity index (χ2n) is 5.31. The minimum atomic E-state index is -0.552. The average molecular weight is 312 g/mol.